The standard InChI is InChI=1S/C2H2O5.Ba.H2O/c3-5-1-2-6-7-4;;/h3-4H;;1H2/q;+2;/p-2. The van der Waals surface area contributed by atoms with Crippen LogP contribution in [-0.4, -0.2) is 59.6 Å². The van der Waals surface area contributed by atoms with E-state index in [-0.39, 0.29) is 54.4 Å². The van der Waals surface area contributed by atoms with Gasteiger partial charge in [0.15, 0.2) is 6.11 Å². The van der Waals surface area contributed by atoms with Crippen molar-refractivity contribution in [3.8, 4) is 12.2 Å². The summed E-state index contributed by atoms with van der Waals surface area (Å²) >= 11 is 0. The summed E-state index contributed by atoms with van der Waals surface area (Å²) in [4.78, 5) is 6.36. The minimum Gasteiger partial charge on any atom is -0.870 e. The molecule has 7 heteroatoms. The van der Waals surface area contributed by atoms with Crippen LogP contribution in [0.5, 0.6) is 0 Å². The van der Waals surface area contributed by atoms with Crippen molar-refractivity contribution in [3.63, 3.8) is 0 Å². The first-order valence-corrected chi connectivity index (χ1v) is 1.17. The van der Waals surface area contributed by atoms with E-state index >= 15 is 0 Å². The van der Waals surface area contributed by atoms with Gasteiger partial charge in [0.2, 0.25) is 6.11 Å². The maximum Gasteiger partial charge on any atom is 2.00 e. The molecule has 9 heavy (non-hydrogen) atoms. The van der Waals surface area contributed by atoms with Crippen molar-refractivity contribution < 1.29 is 30.8 Å². The Kier molecular flexibility index (Phi) is 28.6. The van der Waals surface area contributed by atoms with Gasteiger partial charge in [-0.05, 0) is 5.04 Å². The van der Waals surface area contributed by atoms with Gasteiger partial charge in [0.1, 0.15) is 0 Å². The van der Waals surface area contributed by atoms with Gasteiger partial charge in [-0.25, -0.2) is 10.1 Å². The van der Waals surface area contributed by atoms with Gasteiger partial charge in [-0.2, -0.15) is 0 Å². The summed E-state index contributed by atoms with van der Waals surface area (Å²) in [6, 6.07) is 0. The fourth-order valence-electron chi connectivity index (χ4n) is 0.0527. The van der Waals surface area contributed by atoms with Crippen LogP contribution in [0, 0.1) is 12.2 Å². The molecule has 0 unspecified atom stereocenters. The molecule has 0 heterocycles. The third kappa shape index (κ3) is 17.7. The summed E-state index contributed by atoms with van der Waals surface area (Å²) < 4.78 is 0. The molecule has 0 spiro atoms. The molecule has 0 fully saturated rings. The number of hydrogen-bond acceptors (Lipinski definition) is 6. The Balaban J connectivity index is -0.000000180. The number of rotatable bonds is 1. The first-order chi connectivity index (χ1) is 3.41. The SMILES string of the molecule is [Ba+2].[O-]OC#COOO.[OH-]. The summed E-state index contributed by atoms with van der Waals surface area (Å²) in [6.07, 6.45) is 2.96. The zero-order valence-electron chi connectivity index (χ0n) is 4.23. The van der Waals surface area contributed by atoms with E-state index in [2.05, 4.69) is 14.8 Å². The Bertz CT molecular complexity index is 82.8. The van der Waals surface area contributed by atoms with Crippen LogP contribution < -0.4 is 5.26 Å². The Morgan fingerprint density at radius 1 is 1.33 bits per heavy atom. The van der Waals surface area contributed by atoms with E-state index in [4.69, 9.17) is 10.5 Å². The van der Waals surface area contributed by atoms with E-state index in [0.717, 1.165) is 0 Å². The Labute approximate surface area is 90.9 Å². The summed E-state index contributed by atoms with van der Waals surface area (Å²) in [5.41, 5.74) is 0. The van der Waals surface area contributed by atoms with E-state index in [1.807, 2.05) is 0 Å². The van der Waals surface area contributed by atoms with Gasteiger partial charge in [0, 0.05) is 0 Å². The van der Waals surface area contributed by atoms with Gasteiger partial charge >= 0.3 is 48.9 Å². The van der Waals surface area contributed by atoms with Crippen LogP contribution in [0.15, 0.2) is 0 Å². The molecule has 0 rings (SSSR count). The fraction of sp³-hybridized carbons (Fsp3) is 0. The fourth-order valence-corrected chi connectivity index (χ4v) is 0.0527. The average Bonchev–Trinajstić information content (AvgIpc) is 1.69. The average molecular weight is 259 g/mol. The van der Waals surface area contributed by atoms with Crippen molar-refractivity contribution in [2.24, 2.45) is 0 Å². The molecule has 0 radical (unpaired) electrons. The van der Waals surface area contributed by atoms with Crippen molar-refractivity contribution in [3.05, 3.63) is 0 Å². The van der Waals surface area contributed by atoms with Crippen LogP contribution in [0.1, 0.15) is 0 Å². The van der Waals surface area contributed by atoms with E-state index in [0.29, 0.717) is 0 Å². The Hall–Kier alpha value is 0.571. The molecule has 0 aliphatic rings. The second kappa shape index (κ2) is 15.8. The molecule has 48 valence electrons. The first kappa shape index (κ1) is 16.3. The summed E-state index contributed by atoms with van der Waals surface area (Å²) in [5.74, 6) is 0. The second-order valence-electron chi connectivity index (χ2n) is 0.445. The Morgan fingerprint density at radius 3 is 2.22 bits per heavy atom. The topological polar surface area (TPSA) is 101 Å². The van der Waals surface area contributed by atoms with Crippen molar-refractivity contribution in [2.45, 2.75) is 0 Å². The smallest absolute Gasteiger partial charge is 0.870 e. The molecule has 0 saturated heterocycles. The van der Waals surface area contributed by atoms with Crippen LogP contribution >= 0.6 is 0 Å². The van der Waals surface area contributed by atoms with Crippen molar-refractivity contribution >= 4 is 48.9 Å². The molecule has 0 saturated carbocycles. The summed E-state index contributed by atoms with van der Waals surface area (Å²) in [6.45, 7) is 0. The predicted molar refractivity (Wildman–Crippen MR) is 21.3 cm³/mol. The molecular weight excluding hydrogens is 257 g/mol. The maximum atomic E-state index is 8.91. The molecule has 0 aliphatic heterocycles. The van der Waals surface area contributed by atoms with Crippen LogP contribution in [0.25, 0.3) is 0 Å². The van der Waals surface area contributed by atoms with E-state index < -0.39 is 0 Å². The minimum atomic E-state index is 0. The van der Waals surface area contributed by atoms with Gasteiger partial charge in [-0.3, -0.25) is 0 Å². The van der Waals surface area contributed by atoms with Gasteiger partial charge in [-0.15, -0.1) is 0 Å². The largest absolute Gasteiger partial charge is 2.00 e. The van der Waals surface area contributed by atoms with Gasteiger partial charge in [-0.1, -0.05) is 0 Å². The van der Waals surface area contributed by atoms with E-state index in [9.17, 15) is 0 Å². The van der Waals surface area contributed by atoms with Crippen LogP contribution in [0.2, 0.25) is 0 Å². The molecule has 0 aromatic heterocycles. The monoisotopic (exact) mass is 260 g/mol. The van der Waals surface area contributed by atoms with Crippen molar-refractivity contribution in [1.82, 2.24) is 0 Å². The summed E-state index contributed by atoms with van der Waals surface area (Å²) in [7, 11) is 0. The predicted octanol–water partition coefficient (Wildman–Crippen LogP) is -1.94. The second-order valence-corrected chi connectivity index (χ2v) is 0.445. The molecule has 0 aliphatic carbocycles. The molecule has 0 amide bonds. The van der Waals surface area contributed by atoms with Crippen LogP contribution in [0.4, 0.5) is 0 Å². The summed E-state index contributed by atoms with van der Waals surface area (Å²) in [5, 5.41) is 19.2. The van der Waals surface area contributed by atoms with Gasteiger partial charge < -0.3 is 15.6 Å². The molecule has 0 bridgehead atoms. The quantitative estimate of drug-likeness (QED) is 0.254. The van der Waals surface area contributed by atoms with E-state index in [1.165, 1.54) is 12.2 Å². The molecule has 2 N–H and O–H groups in total. The zero-order chi connectivity index (χ0) is 5.54. The molecule has 6 nitrogen and oxygen atoms in total. The Morgan fingerprint density at radius 2 is 1.89 bits per heavy atom. The van der Waals surface area contributed by atoms with Crippen LogP contribution in [0.3, 0.4) is 0 Å². The first-order valence-electron chi connectivity index (χ1n) is 1.17. The van der Waals surface area contributed by atoms with Crippen LogP contribution in [-0.2, 0) is 14.8 Å². The molecule has 0 aromatic carbocycles. The molecular formula is C2H2BaO6. The number of hydrogen-bond donors (Lipinski definition) is 1. The van der Waals surface area contributed by atoms with Crippen molar-refractivity contribution in [2.75, 3.05) is 0 Å². The zero-order valence-corrected chi connectivity index (χ0v) is 8.68. The van der Waals surface area contributed by atoms with Crippen molar-refractivity contribution in [1.29, 1.82) is 0 Å². The molecule has 0 aromatic rings. The van der Waals surface area contributed by atoms with E-state index in [1.54, 1.807) is 0 Å². The maximum absolute atomic E-state index is 8.91. The molecule has 0 atom stereocenters. The normalized spacial score (nSPS) is 4.67. The van der Waals surface area contributed by atoms with Gasteiger partial charge in [0.25, 0.3) is 0 Å². The third-order valence-corrected chi connectivity index (χ3v) is 0.162. The third-order valence-electron chi connectivity index (χ3n) is 0.162. The minimum absolute atomic E-state index is 0. The van der Waals surface area contributed by atoms with Gasteiger partial charge in [0.05, 0.1) is 0 Å².